The topological polar surface area (TPSA) is 18.5 Å². The number of benzene rings is 1. The van der Waals surface area contributed by atoms with Crippen molar-refractivity contribution in [1.29, 1.82) is 0 Å². The molecule has 0 radical (unpaired) electrons. The van der Waals surface area contributed by atoms with Crippen LogP contribution in [0.3, 0.4) is 0 Å². The summed E-state index contributed by atoms with van der Waals surface area (Å²) in [5.41, 5.74) is 0.865. The Morgan fingerprint density at radius 2 is 2.06 bits per heavy atom. The van der Waals surface area contributed by atoms with Gasteiger partial charge in [-0.05, 0) is 18.4 Å². The molecule has 0 aliphatic heterocycles. The van der Waals surface area contributed by atoms with Crippen molar-refractivity contribution in [3.05, 3.63) is 22.7 Å². The second-order valence-corrected chi connectivity index (χ2v) is 5.14. The van der Waals surface area contributed by atoms with Crippen LogP contribution in [0.4, 0.5) is 0 Å². The van der Waals surface area contributed by atoms with Gasteiger partial charge in [0.2, 0.25) is 0 Å². The molecule has 0 fully saturated rings. The summed E-state index contributed by atoms with van der Waals surface area (Å²) in [5.74, 6) is 2.22. The van der Waals surface area contributed by atoms with E-state index in [1.807, 2.05) is 6.07 Å². The van der Waals surface area contributed by atoms with Crippen molar-refractivity contribution in [3.8, 4) is 11.5 Å². The number of ether oxygens (including phenoxy) is 2. The summed E-state index contributed by atoms with van der Waals surface area (Å²) in [7, 11) is 1.60. The van der Waals surface area contributed by atoms with Crippen LogP contribution < -0.4 is 9.47 Å². The molecule has 0 heterocycles. The highest BCUT2D eigenvalue weighted by Gasteiger charge is 2.13. The van der Waals surface area contributed by atoms with E-state index in [9.17, 15) is 0 Å². The third-order valence-electron chi connectivity index (χ3n) is 2.75. The lowest BCUT2D eigenvalue weighted by Gasteiger charge is -2.17. The Hall–Kier alpha value is -0.600. The lowest BCUT2D eigenvalue weighted by molar-refractivity contribution is 0.238. The molecule has 18 heavy (non-hydrogen) atoms. The molecule has 0 aromatic heterocycles. The van der Waals surface area contributed by atoms with E-state index < -0.39 is 0 Å². The first-order chi connectivity index (χ1) is 8.62. The Morgan fingerprint density at radius 3 is 2.61 bits per heavy atom. The molecule has 102 valence electrons. The average molecular weight is 291 g/mol. The Balaban J connectivity index is 2.85. The van der Waals surface area contributed by atoms with Crippen LogP contribution in [0.1, 0.15) is 32.3 Å². The number of halogens is 2. The van der Waals surface area contributed by atoms with Crippen LogP contribution in [0.25, 0.3) is 0 Å². The molecule has 0 amide bonds. The number of hydrogen-bond donors (Lipinski definition) is 0. The average Bonchev–Trinajstić information content (AvgIpc) is 2.36. The van der Waals surface area contributed by atoms with E-state index in [1.165, 1.54) is 0 Å². The standard InChI is InChI=1S/C14H20Cl2O2/c1-4-5-10(2)9-18-14-11(8-15)6-12(16)7-13(14)17-3/h6-7,10H,4-5,8-9H2,1-3H3. The first-order valence-electron chi connectivity index (χ1n) is 6.17. The number of rotatable bonds is 7. The van der Waals surface area contributed by atoms with Crippen LogP contribution in [0.15, 0.2) is 12.1 Å². The van der Waals surface area contributed by atoms with Gasteiger partial charge in [-0.2, -0.15) is 0 Å². The number of hydrogen-bond acceptors (Lipinski definition) is 2. The van der Waals surface area contributed by atoms with Gasteiger partial charge in [0, 0.05) is 16.7 Å². The molecule has 0 bridgehead atoms. The monoisotopic (exact) mass is 290 g/mol. The highest BCUT2D eigenvalue weighted by atomic mass is 35.5. The Morgan fingerprint density at radius 1 is 1.33 bits per heavy atom. The summed E-state index contributed by atoms with van der Waals surface area (Å²) in [5, 5.41) is 0.608. The fourth-order valence-corrected chi connectivity index (χ4v) is 2.27. The first-order valence-corrected chi connectivity index (χ1v) is 7.08. The molecule has 4 heteroatoms. The van der Waals surface area contributed by atoms with Crippen LogP contribution in [0.5, 0.6) is 11.5 Å². The first kappa shape index (κ1) is 15.5. The highest BCUT2D eigenvalue weighted by molar-refractivity contribution is 6.31. The summed E-state index contributed by atoms with van der Waals surface area (Å²) in [4.78, 5) is 0. The molecule has 1 atom stereocenters. The van der Waals surface area contributed by atoms with Gasteiger partial charge in [0.05, 0.1) is 19.6 Å². The molecule has 0 N–H and O–H groups in total. The largest absolute Gasteiger partial charge is 0.493 e. The van der Waals surface area contributed by atoms with Crippen molar-refractivity contribution in [2.24, 2.45) is 5.92 Å². The molecule has 1 aromatic rings. The molecule has 2 nitrogen and oxygen atoms in total. The van der Waals surface area contributed by atoms with Gasteiger partial charge in [0.1, 0.15) is 0 Å². The second-order valence-electron chi connectivity index (χ2n) is 4.43. The van der Waals surface area contributed by atoms with Crippen molar-refractivity contribution in [3.63, 3.8) is 0 Å². The molecule has 1 aromatic carbocycles. The zero-order valence-corrected chi connectivity index (χ0v) is 12.6. The van der Waals surface area contributed by atoms with Crippen molar-refractivity contribution in [1.82, 2.24) is 0 Å². The van der Waals surface area contributed by atoms with Crippen LogP contribution in [0.2, 0.25) is 5.02 Å². The summed E-state index contributed by atoms with van der Waals surface area (Å²) in [6.07, 6.45) is 2.30. The Kier molecular flexibility index (Phi) is 6.66. The maximum absolute atomic E-state index is 6.00. The molecular weight excluding hydrogens is 271 g/mol. The van der Waals surface area contributed by atoms with Crippen molar-refractivity contribution < 1.29 is 9.47 Å². The SMILES string of the molecule is CCCC(C)COc1c(CCl)cc(Cl)cc1OC. The molecule has 0 spiro atoms. The van der Waals surface area contributed by atoms with Crippen LogP contribution >= 0.6 is 23.2 Å². The van der Waals surface area contributed by atoms with E-state index in [2.05, 4.69) is 13.8 Å². The third-order valence-corrected chi connectivity index (χ3v) is 3.26. The molecule has 1 rings (SSSR count). The van der Waals surface area contributed by atoms with E-state index in [-0.39, 0.29) is 0 Å². The van der Waals surface area contributed by atoms with E-state index in [0.717, 1.165) is 18.4 Å². The van der Waals surface area contributed by atoms with Gasteiger partial charge in [-0.25, -0.2) is 0 Å². The predicted octanol–water partition coefficient (Wildman–Crippen LogP) is 4.90. The van der Waals surface area contributed by atoms with E-state index in [0.29, 0.717) is 34.9 Å². The number of methoxy groups -OCH3 is 1. The van der Waals surface area contributed by atoms with E-state index in [4.69, 9.17) is 32.7 Å². The minimum atomic E-state index is 0.356. The quantitative estimate of drug-likeness (QED) is 0.665. The van der Waals surface area contributed by atoms with Gasteiger partial charge in [-0.3, -0.25) is 0 Å². The van der Waals surface area contributed by atoms with Gasteiger partial charge < -0.3 is 9.47 Å². The highest BCUT2D eigenvalue weighted by Crippen LogP contribution is 2.36. The van der Waals surface area contributed by atoms with E-state index >= 15 is 0 Å². The number of alkyl halides is 1. The molecule has 0 aliphatic rings. The molecule has 1 unspecified atom stereocenters. The lowest BCUT2D eigenvalue weighted by Crippen LogP contribution is -2.10. The van der Waals surface area contributed by atoms with Crippen LogP contribution in [-0.4, -0.2) is 13.7 Å². The Labute approximate surface area is 119 Å². The predicted molar refractivity (Wildman–Crippen MR) is 77.1 cm³/mol. The smallest absolute Gasteiger partial charge is 0.165 e. The minimum absolute atomic E-state index is 0.356. The fraction of sp³-hybridized carbons (Fsp3) is 0.571. The summed E-state index contributed by atoms with van der Waals surface area (Å²) >= 11 is 11.9. The van der Waals surface area contributed by atoms with Crippen molar-refractivity contribution in [2.75, 3.05) is 13.7 Å². The van der Waals surface area contributed by atoms with Gasteiger partial charge in [-0.1, -0.05) is 31.9 Å². The van der Waals surface area contributed by atoms with Gasteiger partial charge in [-0.15, -0.1) is 11.6 Å². The zero-order chi connectivity index (χ0) is 13.5. The molecular formula is C14H20Cl2O2. The summed E-state index contributed by atoms with van der Waals surface area (Å²) in [6.45, 7) is 5.01. The second kappa shape index (κ2) is 7.75. The summed E-state index contributed by atoms with van der Waals surface area (Å²) < 4.78 is 11.1. The lowest BCUT2D eigenvalue weighted by atomic mass is 10.1. The van der Waals surface area contributed by atoms with Gasteiger partial charge in [0.25, 0.3) is 0 Å². The zero-order valence-electron chi connectivity index (χ0n) is 11.1. The summed E-state index contributed by atoms with van der Waals surface area (Å²) in [6, 6.07) is 3.56. The molecule has 0 saturated heterocycles. The fourth-order valence-electron chi connectivity index (χ4n) is 1.84. The maximum atomic E-state index is 6.00. The molecule has 0 saturated carbocycles. The van der Waals surface area contributed by atoms with Gasteiger partial charge in [0.15, 0.2) is 11.5 Å². The Bertz CT molecular complexity index is 355. The van der Waals surface area contributed by atoms with Crippen LogP contribution in [-0.2, 0) is 5.88 Å². The third kappa shape index (κ3) is 4.25. The molecule has 0 aliphatic carbocycles. The minimum Gasteiger partial charge on any atom is -0.493 e. The maximum Gasteiger partial charge on any atom is 0.165 e. The van der Waals surface area contributed by atoms with Crippen molar-refractivity contribution in [2.45, 2.75) is 32.6 Å². The van der Waals surface area contributed by atoms with Crippen molar-refractivity contribution >= 4 is 23.2 Å². The normalized spacial score (nSPS) is 12.3. The van der Waals surface area contributed by atoms with E-state index in [1.54, 1.807) is 13.2 Å². The van der Waals surface area contributed by atoms with Crippen LogP contribution in [0, 0.1) is 5.92 Å². The van der Waals surface area contributed by atoms with Gasteiger partial charge >= 0.3 is 0 Å².